The number of nitrogens with one attached hydrogen (secondary N) is 2. The lowest BCUT2D eigenvalue weighted by molar-refractivity contribution is -0.121. The Hall–Kier alpha value is -2.86. The second-order valence-electron chi connectivity index (χ2n) is 5.84. The molecule has 2 aromatic rings. The quantitative estimate of drug-likeness (QED) is 0.763. The molecule has 0 radical (unpaired) electrons. The molecule has 0 fully saturated rings. The van der Waals surface area contributed by atoms with Gasteiger partial charge in [0.2, 0.25) is 5.91 Å². The SMILES string of the molecule is O=C(CCC(=O)c1ccc2c(c1)NC(=O)CO2)NCc1ccccc1Cl. The molecule has 7 heteroatoms. The van der Waals surface area contributed by atoms with Crippen LogP contribution in [0.15, 0.2) is 42.5 Å². The predicted molar refractivity (Wildman–Crippen MR) is 97.4 cm³/mol. The minimum absolute atomic E-state index is 0.0358. The van der Waals surface area contributed by atoms with Crippen LogP contribution in [-0.2, 0) is 16.1 Å². The maximum absolute atomic E-state index is 12.3. The van der Waals surface area contributed by atoms with E-state index < -0.39 is 0 Å². The van der Waals surface area contributed by atoms with E-state index in [1.54, 1.807) is 24.3 Å². The fraction of sp³-hybridized carbons (Fsp3) is 0.211. The van der Waals surface area contributed by atoms with Crippen LogP contribution in [0.2, 0.25) is 5.02 Å². The van der Waals surface area contributed by atoms with Crippen molar-refractivity contribution in [2.75, 3.05) is 11.9 Å². The van der Waals surface area contributed by atoms with Crippen LogP contribution in [0.5, 0.6) is 5.75 Å². The number of hydrogen-bond acceptors (Lipinski definition) is 4. The van der Waals surface area contributed by atoms with Gasteiger partial charge in [0.1, 0.15) is 5.75 Å². The number of benzene rings is 2. The van der Waals surface area contributed by atoms with Gasteiger partial charge in [0.15, 0.2) is 12.4 Å². The summed E-state index contributed by atoms with van der Waals surface area (Å²) in [5.74, 6) is -0.145. The van der Waals surface area contributed by atoms with Crippen molar-refractivity contribution in [1.82, 2.24) is 5.32 Å². The van der Waals surface area contributed by atoms with E-state index in [0.717, 1.165) is 5.56 Å². The summed E-state index contributed by atoms with van der Waals surface area (Å²) in [5.41, 5.74) is 1.71. The van der Waals surface area contributed by atoms with Crippen molar-refractivity contribution >= 4 is 34.9 Å². The van der Waals surface area contributed by atoms with Gasteiger partial charge in [-0.25, -0.2) is 0 Å². The van der Waals surface area contributed by atoms with E-state index in [1.165, 1.54) is 0 Å². The van der Waals surface area contributed by atoms with Crippen molar-refractivity contribution in [2.45, 2.75) is 19.4 Å². The number of hydrogen-bond donors (Lipinski definition) is 2. The lowest BCUT2D eigenvalue weighted by Gasteiger charge is -2.18. The molecule has 0 saturated heterocycles. The monoisotopic (exact) mass is 372 g/mol. The zero-order valence-electron chi connectivity index (χ0n) is 13.9. The van der Waals surface area contributed by atoms with Crippen molar-refractivity contribution in [3.63, 3.8) is 0 Å². The van der Waals surface area contributed by atoms with Crippen LogP contribution in [0, 0.1) is 0 Å². The summed E-state index contributed by atoms with van der Waals surface area (Å²) in [7, 11) is 0. The summed E-state index contributed by atoms with van der Waals surface area (Å²) in [5, 5.41) is 5.99. The molecule has 0 saturated carbocycles. The van der Waals surface area contributed by atoms with Crippen LogP contribution in [0.25, 0.3) is 0 Å². The highest BCUT2D eigenvalue weighted by molar-refractivity contribution is 6.31. The van der Waals surface area contributed by atoms with Gasteiger partial charge < -0.3 is 15.4 Å². The average molecular weight is 373 g/mol. The molecule has 6 nitrogen and oxygen atoms in total. The number of carbonyl (C=O) groups excluding carboxylic acids is 3. The number of Topliss-reactive ketones (excluding diaryl/α,β-unsaturated/α-hetero) is 1. The highest BCUT2D eigenvalue weighted by Gasteiger charge is 2.18. The number of halogens is 1. The van der Waals surface area contributed by atoms with Crippen LogP contribution in [0.3, 0.4) is 0 Å². The van der Waals surface area contributed by atoms with Crippen LogP contribution in [-0.4, -0.2) is 24.2 Å². The Bertz CT molecular complexity index is 866. The Kier molecular flexibility index (Phi) is 5.53. The van der Waals surface area contributed by atoms with Gasteiger partial charge >= 0.3 is 0 Å². The molecule has 1 aliphatic rings. The third-order valence-corrected chi connectivity index (χ3v) is 4.32. The molecule has 0 spiro atoms. The first-order valence-electron chi connectivity index (χ1n) is 8.13. The molecule has 2 N–H and O–H groups in total. The Morgan fingerprint density at radius 3 is 2.77 bits per heavy atom. The van der Waals surface area contributed by atoms with E-state index in [4.69, 9.17) is 16.3 Å². The molecule has 1 heterocycles. The van der Waals surface area contributed by atoms with Crippen molar-refractivity contribution in [2.24, 2.45) is 0 Å². The van der Waals surface area contributed by atoms with E-state index in [2.05, 4.69) is 10.6 Å². The van der Waals surface area contributed by atoms with Crippen molar-refractivity contribution in [1.29, 1.82) is 0 Å². The number of carbonyl (C=O) groups is 3. The smallest absolute Gasteiger partial charge is 0.262 e. The summed E-state index contributed by atoms with van der Waals surface area (Å²) in [6.45, 7) is 0.279. The first-order valence-corrected chi connectivity index (χ1v) is 8.51. The predicted octanol–water partition coefficient (Wildman–Crippen LogP) is 2.95. The average Bonchev–Trinajstić information content (AvgIpc) is 2.64. The molecule has 2 amide bonds. The van der Waals surface area contributed by atoms with Gasteiger partial charge in [0, 0.05) is 30.0 Å². The zero-order valence-corrected chi connectivity index (χ0v) is 14.6. The number of fused-ring (bicyclic) bond motifs is 1. The van der Waals surface area contributed by atoms with Crippen molar-refractivity contribution in [3.05, 3.63) is 58.6 Å². The Balaban J connectivity index is 1.52. The first kappa shape index (κ1) is 17.9. The fourth-order valence-corrected chi connectivity index (χ4v) is 2.75. The molecule has 0 bridgehead atoms. The number of anilines is 1. The maximum atomic E-state index is 12.3. The lowest BCUT2D eigenvalue weighted by Crippen LogP contribution is -2.25. The zero-order chi connectivity index (χ0) is 18.5. The second-order valence-corrected chi connectivity index (χ2v) is 6.25. The largest absolute Gasteiger partial charge is 0.482 e. The van der Waals surface area contributed by atoms with Gasteiger partial charge in [-0.15, -0.1) is 0 Å². The topological polar surface area (TPSA) is 84.5 Å². The summed E-state index contributed by atoms with van der Waals surface area (Å²) in [6, 6.07) is 12.1. The third-order valence-electron chi connectivity index (χ3n) is 3.95. The Morgan fingerprint density at radius 1 is 1.15 bits per heavy atom. The first-order chi connectivity index (χ1) is 12.5. The van der Waals surface area contributed by atoms with Gasteiger partial charge in [-0.05, 0) is 29.8 Å². The lowest BCUT2D eigenvalue weighted by atomic mass is 10.0. The van der Waals surface area contributed by atoms with Gasteiger partial charge in [0.25, 0.3) is 5.91 Å². The minimum atomic E-state index is -0.263. The number of ether oxygens (including phenoxy) is 1. The molecule has 0 aromatic heterocycles. The van der Waals surface area contributed by atoms with Crippen LogP contribution in [0.4, 0.5) is 5.69 Å². The van der Waals surface area contributed by atoms with Gasteiger partial charge in [-0.3, -0.25) is 14.4 Å². The van der Waals surface area contributed by atoms with E-state index in [9.17, 15) is 14.4 Å². The van der Waals surface area contributed by atoms with E-state index in [-0.39, 0.29) is 37.0 Å². The van der Waals surface area contributed by atoms with Crippen LogP contribution in [0.1, 0.15) is 28.8 Å². The van der Waals surface area contributed by atoms with Crippen LogP contribution >= 0.6 is 11.6 Å². The maximum Gasteiger partial charge on any atom is 0.262 e. The van der Waals surface area contributed by atoms with Gasteiger partial charge in [-0.2, -0.15) is 0 Å². The van der Waals surface area contributed by atoms with E-state index in [1.807, 2.05) is 18.2 Å². The van der Waals surface area contributed by atoms with E-state index >= 15 is 0 Å². The molecule has 0 atom stereocenters. The standard InChI is InChI=1S/C19H17ClN2O4/c20-14-4-2-1-3-13(14)10-21-18(24)8-6-16(23)12-5-7-17-15(9-12)22-19(25)11-26-17/h1-5,7,9H,6,8,10-11H2,(H,21,24)(H,22,25). The Labute approximate surface area is 155 Å². The number of rotatable bonds is 6. The highest BCUT2D eigenvalue weighted by Crippen LogP contribution is 2.28. The molecule has 0 aliphatic carbocycles. The molecule has 3 rings (SSSR count). The molecule has 0 unspecified atom stereocenters. The van der Waals surface area contributed by atoms with Crippen molar-refractivity contribution in [3.8, 4) is 5.75 Å². The number of ketones is 1. The molecular formula is C19H17ClN2O4. The molecule has 2 aromatic carbocycles. The normalized spacial score (nSPS) is 12.6. The summed E-state index contributed by atoms with van der Waals surface area (Å²) < 4.78 is 5.25. The Morgan fingerprint density at radius 2 is 1.96 bits per heavy atom. The van der Waals surface area contributed by atoms with Gasteiger partial charge in [0.05, 0.1) is 5.69 Å². The van der Waals surface area contributed by atoms with E-state index in [0.29, 0.717) is 28.6 Å². The molecular weight excluding hydrogens is 356 g/mol. The molecule has 134 valence electrons. The molecule has 1 aliphatic heterocycles. The highest BCUT2D eigenvalue weighted by atomic mass is 35.5. The minimum Gasteiger partial charge on any atom is -0.482 e. The second kappa shape index (κ2) is 8.01. The third kappa shape index (κ3) is 4.40. The fourth-order valence-electron chi connectivity index (χ4n) is 2.55. The van der Waals surface area contributed by atoms with Crippen LogP contribution < -0.4 is 15.4 Å². The summed E-state index contributed by atoms with van der Waals surface area (Å²) in [4.78, 5) is 35.6. The summed E-state index contributed by atoms with van der Waals surface area (Å²) >= 11 is 6.04. The van der Waals surface area contributed by atoms with Crippen molar-refractivity contribution < 1.29 is 19.1 Å². The number of amides is 2. The molecule has 26 heavy (non-hydrogen) atoms. The van der Waals surface area contributed by atoms with Gasteiger partial charge in [-0.1, -0.05) is 29.8 Å². The summed E-state index contributed by atoms with van der Waals surface area (Å²) in [6.07, 6.45) is 0.144.